The van der Waals surface area contributed by atoms with Crippen LogP contribution in [0.5, 0.6) is 0 Å². The molecule has 1 heteroatoms. The lowest BCUT2D eigenvalue weighted by molar-refractivity contribution is 1.30. The zero-order valence-electron chi connectivity index (χ0n) is 27.0. The molecule has 1 nitrogen and oxygen atoms in total. The van der Waals surface area contributed by atoms with Crippen LogP contribution in [0.2, 0.25) is 0 Å². The summed E-state index contributed by atoms with van der Waals surface area (Å²) in [4.78, 5) is 2.45. The second-order valence-electron chi connectivity index (χ2n) is 12.6. The van der Waals surface area contributed by atoms with Crippen molar-refractivity contribution < 1.29 is 0 Å². The van der Waals surface area contributed by atoms with Crippen LogP contribution >= 0.6 is 0 Å². The largest absolute Gasteiger partial charge is 0.309 e. The summed E-state index contributed by atoms with van der Waals surface area (Å²) < 4.78 is 0. The second kappa shape index (κ2) is 12.3. The third-order valence-electron chi connectivity index (χ3n) is 9.62. The van der Waals surface area contributed by atoms with E-state index in [-0.39, 0.29) is 0 Å². The lowest BCUT2D eigenvalue weighted by Gasteiger charge is -2.30. The Balaban J connectivity index is 1.29. The van der Waals surface area contributed by atoms with Gasteiger partial charge in [0.25, 0.3) is 0 Å². The van der Waals surface area contributed by atoms with Gasteiger partial charge in [-0.3, -0.25) is 0 Å². The van der Waals surface area contributed by atoms with E-state index < -0.39 is 0 Å². The maximum Gasteiger partial charge on any atom is 0.0546 e. The van der Waals surface area contributed by atoms with Gasteiger partial charge in [0.2, 0.25) is 0 Å². The van der Waals surface area contributed by atoms with Crippen LogP contribution in [0.4, 0.5) is 17.1 Å². The SMILES string of the molecule is c1ccc(-c2ccc(N(c3ccc(-c4ccc5ccccc5c4)cc3)c3cc4ccccc4c4ccccc34)c(-c3ccccc3)c2)cc1. The van der Waals surface area contributed by atoms with Gasteiger partial charge in [0, 0.05) is 16.6 Å². The molecular formula is C48H33N. The van der Waals surface area contributed by atoms with E-state index in [1.54, 1.807) is 0 Å². The lowest BCUT2D eigenvalue weighted by Crippen LogP contribution is -2.12. The fourth-order valence-corrected chi connectivity index (χ4v) is 7.19. The topological polar surface area (TPSA) is 3.24 Å². The number of nitrogens with zero attached hydrogens (tertiary/aromatic N) is 1. The van der Waals surface area contributed by atoms with Gasteiger partial charge in [0.05, 0.1) is 11.4 Å². The molecule has 9 aromatic rings. The van der Waals surface area contributed by atoms with Crippen LogP contribution in [-0.2, 0) is 0 Å². The first kappa shape index (κ1) is 28.8. The van der Waals surface area contributed by atoms with Crippen molar-refractivity contribution >= 4 is 49.4 Å². The van der Waals surface area contributed by atoms with E-state index in [1.165, 1.54) is 65.7 Å². The summed E-state index contributed by atoms with van der Waals surface area (Å²) in [5, 5.41) is 7.44. The molecule has 0 aromatic heterocycles. The molecule has 230 valence electrons. The highest BCUT2D eigenvalue weighted by Gasteiger charge is 2.21. The molecule has 0 aliphatic heterocycles. The number of hydrogen-bond donors (Lipinski definition) is 0. The number of fused-ring (bicyclic) bond motifs is 4. The van der Waals surface area contributed by atoms with Crippen molar-refractivity contribution in [2.45, 2.75) is 0 Å². The molecule has 0 fully saturated rings. The van der Waals surface area contributed by atoms with Crippen LogP contribution in [0.25, 0.3) is 65.7 Å². The van der Waals surface area contributed by atoms with Crippen molar-refractivity contribution in [1.29, 1.82) is 0 Å². The highest BCUT2D eigenvalue weighted by molar-refractivity contribution is 6.15. The van der Waals surface area contributed by atoms with E-state index in [9.17, 15) is 0 Å². The first-order chi connectivity index (χ1) is 24.3. The normalized spacial score (nSPS) is 11.3. The number of benzene rings is 9. The van der Waals surface area contributed by atoms with E-state index in [0.717, 1.165) is 17.1 Å². The van der Waals surface area contributed by atoms with Crippen LogP contribution in [-0.4, -0.2) is 0 Å². The first-order valence-corrected chi connectivity index (χ1v) is 16.8. The molecule has 49 heavy (non-hydrogen) atoms. The quantitative estimate of drug-likeness (QED) is 0.167. The maximum absolute atomic E-state index is 2.45. The summed E-state index contributed by atoms with van der Waals surface area (Å²) >= 11 is 0. The van der Waals surface area contributed by atoms with E-state index in [2.05, 4.69) is 205 Å². The average Bonchev–Trinajstić information content (AvgIpc) is 3.19. The fourth-order valence-electron chi connectivity index (χ4n) is 7.19. The van der Waals surface area contributed by atoms with Gasteiger partial charge in [-0.05, 0) is 91.1 Å². The van der Waals surface area contributed by atoms with Crippen molar-refractivity contribution in [3.05, 3.63) is 200 Å². The molecule has 0 bridgehead atoms. The summed E-state index contributed by atoms with van der Waals surface area (Å²) in [6.45, 7) is 0. The molecule has 0 amide bonds. The highest BCUT2D eigenvalue weighted by Crippen LogP contribution is 2.46. The Morgan fingerprint density at radius 2 is 0.796 bits per heavy atom. The van der Waals surface area contributed by atoms with Crippen molar-refractivity contribution in [2.75, 3.05) is 4.90 Å². The molecule has 0 unspecified atom stereocenters. The highest BCUT2D eigenvalue weighted by atomic mass is 15.1. The zero-order chi connectivity index (χ0) is 32.6. The number of anilines is 3. The minimum Gasteiger partial charge on any atom is -0.309 e. The molecule has 0 aliphatic rings. The van der Waals surface area contributed by atoms with Gasteiger partial charge in [-0.15, -0.1) is 0 Å². The molecule has 0 radical (unpaired) electrons. The molecule has 0 saturated carbocycles. The predicted octanol–water partition coefficient (Wildman–Crippen LogP) is 13.6. The fraction of sp³-hybridized carbons (Fsp3) is 0. The summed E-state index contributed by atoms with van der Waals surface area (Å²) in [7, 11) is 0. The van der Waals surface area contributed by atoms with Gasteiger partial charge in [-0.25, -0.2) is 0 Å². The molecule has 0 saturated heterocycles. The van der Waals surface area contributed by atoms with Crippen LogP contribution in [0.15, 0.2) is 200 Å². The maximum atomic E-state index is 2.45. The Morgan fingerprint density at radius 3 is 1.55 bits per heavy atom. The van der Waals surface area contributed by atoms with Crippen molar-refractivity contribution in [3.63, 3.8) is 0 Å². The van der Waals surface area contributed by atoms with Gasteiger partial charge in [-0.1, -0.05) is 164 Å². The van der Waals surface area contributed by atoms with Crippen LogP contribution in [0.1, 0.15) is 0 Å². The predicted molar refractivity (Wildman–Crippen MR) is 210 cm³/mol. The summed E-state index contributed by atoms with van der Waals surface area (Å²) in [5.41, 5.74) is 10.5. The minimum atomic E-state index is 1.11. The molecule has 0 atom stereocenters. The van der Waals surface area contributed by atoms with Crippen molar-refractivity contribution in [2.24, 2.45) is 0 Å². The Kier molecular flexibility index (Phi) is 7.22. The minimum absolute atomic E-state index is 1.11. The standard InChI is InChI=1S/C48H33N/c1-3-13-34(14-4-1)40-27-30-47(46(32-40)37-16-5-2-6-17-37)49(48-33-41-19-9-10-20-43(41)44-21-11-12-22-45(44)48)42-28-25-36(26-29-42)39-24-23-35-15-7-8-18-38(35)31-39/h1-33H. The second-order valence-corrected chi connectivity index (χ2v) is 12.6. The van der Waals surface area contributed by atoms with Gasteiger partial charge < -0.3 is 4.90 Å². The molecule has 0 aliphatic carbocycles. The lowest BCUT2D eigenvalue weighted by atomic mass is 9.94. The van der Waals surface area contributed by atoms with Crippen LogP contribution in [0, 0.1) is 0 Å². The van der Waals surface area contributed by atoms with E-state index in [0.29, 0.717) is 0 Å². The van der Waals surface area contributed by atoms with E-state index in [4.69, 9.17) is 0 Å². The molecule has 0 spiro atoms. The monoisotopic (exact) mass is 623 g/mol. The zero-order valence-corrected chi connectivity index (χ0v) is 27.0. The van der Waals surface area contributed by atoms with Crippen LogP contribution < -0.4 is 4.90 Å². The van der Waals surface area contributed by atoms with E-state index >= 15 is 0 Å². The molecule has 9 rings (SSSR count). The third-order valence-corrected chi connectivity index (χ3v) is 9.62. The Bertz CT molecular complexity index is 2590. The van der Waals surface area contributed by atoms with Gasteiger partial charge in [-0.2, -0.15) is 0 Å². The average molecular weight is 624 g/mol. The number of rotatable bonds is 6. The molecule has 0 heterocycles. The molecule has 9 aromatic carbocycles. The summed E-state index contributed by atoms with van der Waals surface area (Å²) in [6.07, 6.45) is 0. The smallest absolute Gasteiger partial charge is 0.0546 e. The van der Waals surface area contributed by atoms with Gasteiger partial charge in [0.1, 0.15) is 0 Å². The van der Waals surface area contributed by atoms with Crippen LogP contribution in [0.3, 0.4) is 0 Å². The summed E-state index contributed by atoms with van der Waals surface area (Å²) in [6, 6.07) is 72.6. The summed E-state index contributed by atoms with van der Waals surface area (Å²) in [5.74, 6) is 0. The Morgan fingerprint density at radius 1 is 0.265 bits per heavy atom. The molecule has 0 N–H and O–H groups in total. The van der Waals surface area contributed by atoms with Gasteiger partial charge in [0.15, 0.2) is 0 Å². The number of hydrogen-bond acceptors (Lipinski definition) is 1. The van der Waals surface area contributed by atoms with Crippen molar-refractivity contribution in [1.82, 2.24) is 0 Å². The third kappa shape index (κ3) is 5.32. The van der Waals surface area contributed by atoms with Gasteiger partial charge >= 0.3 is 0 Å². The first-order valence-electron chi connectivity index (χ1n) is 16.8. The Labute approximate surface area is 287 Å². The van der Waals surface area contributed by atoms with E-state index in [1.807, 2.05) is 0 Å². The molecular weight excluding hydrogens is 591 g/mol. The Hall–Kier alpha value is -6.44. The van der Waals surface area contributed by atoms with Crippen molar-refractivity contribution in [3.8, 4) is 33.4 Å².